The summed E-state index contributed by atoms with van der Waals surface area (Å²) >= 11 is 0. The van der Waals surface area contributed by atoms with Crippen molar-refractivity contribution in [3.05, 3.63) is 24.0 Å². The van der Waals surface area contributed by atoms with Crippen LogP contribution in [0.3, 0.4) is 0 Å². The third kappa shape index (κ3) is 3.55. The minimum absolute atomic E-state index is 0.0350. The van der Waals surface area contributed by atoms with E-state index >= 15 is 0 Å². The van der Waals surface area contributed by atoms with E-state index in [1.54, 1.807) is 0 Å². The van der Waals surface area contributed by atoms with E-state index in [9.17, 15) is 4.79 Å². The van der Waals surface area contributed by atoms with Gasteiger partial charge in [-0.25, -0.2) is 4.98 Å². The Bertz CT molecular complexity index is 686. The third-order valence-electron chi connectivity index (χ3n) is 4.56. The highest BCUT2D eigenvalue weighted by atomic mass is 16.1. The number of hydrogen-bond donors (Lipinski definition) is 1. The molecule has 23 heavy (non-hydrogen) atoms. The van der Waals surface area contributed by atoms with Crippen LogP contribution in [0, 0.1) is 0 Å². The number of imidazole rings is 1. The summed E-state index contributed by atoms with van der Waals surface area (Å²) in [6.07, 6.45) is 4.42. The molecule has 2 heterocycles. The molecule has 0 atom stereocenters. The van der Waals surface area contributed by atoms with Crippen LogP contribution in [0.4, 0.5) is 5.69 Å². The predicted molar refractivity (Wildman–Crippen MR) is 93.5 cm³/mol. The van der Waals surface area contributed by atoms with Crippen molar-refractivity contribution in [3.63, 3.8) is 0 Å². The summed E-state index contributed by atoms with van der Waals surface area (Å²) in [5.41, 5.74) is 2.94. The van der Waals surface area contributed by atoms with Crippen molar-refractivity contribution >= 4 is 22.6 Å². The van der Waals surface area contributed by atoms with Crippen LogP contribution < -0.4 is 5.32 Å². The van der Waals surface area contributed by atoms with Gasteiger partial charge < -0.3 is 9.88 Å². The Hall–Kier alpha value is -1.88. The lowest BCUT2D eigenvalue weighted by Gasteiger charge is -2.26. The molecule has 0 bridgehead atoms. The van der Waals surface area contributed by atoms with Gasteiger partial charge in [-0.15, -0.1) is 0 Å². The smallest absolute Gasteiger partial charge is 0.224 e. The second kappa shape index (κ2) is 7.13. The zero-order valence-corrected chi connectivity index (χ0v) is 14.1. The third-order valence-corrected chi connectivity index (χ3v) is 4.56. The van der Waals surface area contributed by atoms with Crippen LogP contribution in [-0.2, 0) is 17.9 Å². The molecule has 3 rings (SSSR count). The number of hydrogen-bond acceptors (Lipinski definition) is 3. The van der Waals surface area contributed by atoms with Crippen LogP contribution in [0.1, 0.15) is 45.4 Å². The fraction of sp³-hybridized carbons (Fsp3) is 0.556. The Morgan fingerprint density at radius 1 is 1.22 bits per heavy atom. The zero-order valence-electron chi connectivity index (χ0n) is 14.1. The average molecular weight is 314 g/mol. The van der Waals surface area contributed by atoms with Crippen LogP contribution >= 0.6 is 0 Å². The number of amides is 1. The lowest BCUT2D eigenvalue weighted by molar-refractivity contribution is -0.115. The van der Waals surface area contributed by atoms with Crippen molar-refractivity contribution in [3.8, 4) is 0 Å². The lowest BCUT2D eigenvalue weighted by atomic mass is 10.1. The number of aryl methyl sites for hydroxylation is 1. The molecule has 1 saturated heterocycles. The van der Waals surface area contributed by atoms with E-state index in [0.29, 0.717) is 6.42 Å². The number of piperidine rings is 1. The largest absolute Gasteiger partial charge is 0.327 e. The van der Waals surface area contributed by atoms with Crippen molar-refractivity contribution in [1.29, 1.82) is 0 Å². The molecular weight excluding hydrogens is 288 g/mol. The molecule has 1 N–H and O–H groups in total. The van der Waals surface area contributed by atoms with Gasteiger partial charge in [0.25, 0.3) is 0 Å². The van der Waals surface area contributed by atoms with Gasteiger partial charge in [-0.1, -0.05) is 13.3 Å². The highest BCUT2D eigenvalue weighted by Gasteiger charge is 2.16. The number of carbonyl (C=O) groups excluding carboxylic acids is 1. The molecule has 2 aromatic rings. The molecule has 0 radical (unpaired) electrons. The molecule has 0 saturated carbocycles. The van der Waals surface area contributed by atoms with Crippen LogP contribution in [0.5, 0.6) is 0 Å². The van der Waals surface area contributed by atoms with Gasteiger partial charge in [0, 0.05) is 18.7 Å². The Morgan fingerprint density at radius 2 is 2.00 bits per heavy atom. The van der Waals surface area contributed by atoms with Crippen LogP contribution in [0.25, 0.3) is 11.0 Å². The Balaban J connectivity index is 1.87. The first-order chi connectivity index (χ1) is 11.2. The summed E-state index contributed by atoms with van der Waals surface area (Å²) in [7, 11) is 0. The second-order valence-electron chi connectivity index (χ2n) is 6.21. The van der Waals surface area contributed by atoms with Gasteiger partial charge in [0.05, 0.1) is 17.6 Å². The number of fused-ring (bicyclic) bond motifs is 1. The Kier molecular flexibility index (Phi) is 4.96. The molecule has 1 aliphatic rings. The van der Waals surface area contributed by atoms with E-state index in [-0.39, 0.29) is 5.91 Å². The number of anilines is 1. The summed E-state index contributed by atoms with van der Waals surface area (Å²) in [5, 5.41) is 2.91. The molecule has 0 spiro atoms. The highest BCUT2D eigenvalue weighted by Crippen LogP contribution is 2.22. The minimum atomic E-state index is 0.0350. The topological polar surface area (TPSA) is 50.2 Å². The first kappa shape index (κ1) is 16.0. The molecule has 1 aliphatic heterocycles. The van der Waals surface area contributed by atoms with E-state index < -0.39 is 0 Å². The molecule has 1 aromatic heterocycles. The molecular formula is C18H26N4O. The van der Waals surface area contributed by atoms with E-state index in [0.717, 1.165) is 35.6 Å². The van der Waals surface area contributed by atoms with Crippen molar-refractivity contribution in [1.82, 2.24) is 14.5 Å². The maximum absolute atomic E-state index is 11.6. The lowest BCUT2D eigenvalue weighted by Crippen LogP contribution is -2.30. The van der Waals surface area contributed by atoms with E-state index in [1.165, 1.54) is 32.4 Å². The molecule has 1 aromatic carbocycles. The summed E-state index contributed by atoms with van der Waals surface area (Å²) in [5.74, 6) is 1.16. The predicted octanol–water partition coefficient (Wildman–Crippen LogP) is 3.39. The molecule has 124 valence electrons. The fourth-order valence-electron chi connectivity index (χ4n) is 3.30. The summed E-state index contributed by atoms with van der Waals surface area (Å²) in [4.78, 5) is 18.9. The van der Waals surface area contributed by atoms with Gasteiger partial charge >= 0.3 is 0 Å². The number of nitrogens with one attached hydrogen (secondary N) is 1. The number of carbonyl (C=O) groups is 1. The fourth-order valence-corrected chi connectivity index (χ4v) is 3.30. The number of likely N-dealkylation sites (tertiary alicyclic amines) is 1. The number of aromatic nitrogens is 2. The molecule has 0 unspecified atom stereocenters. The standard InChI is InChI=1S/C18H26N4O/c1-3-18(23)19-14-8-9-16-15(12-14)20-17(22(16)4-2)13-21-10-6-5-7-11-21/h8-9,12H,3-7,10-11,13H2,1-2H3,(H,19,23). The van der Waals surface area contributed by atoms with Crippen LogP contribution in [0.2, 0.25) is 0 Å². The number of rotatable bonds is 5. The van der Waals surface area contributed by atoms with Gasteiger partial charge in [0.15, 0.2) is 0 Å². The van der Waals surface area contributed by atoms with Gasteiger partial charge in [-0.3, -0.25) is 9.69 Å². The second-order valence-corrected chi connectivity index (χ2v) is 6.21. The Labute approximate surface area is 137 Å². The SMILES string of the molecule is CCC(=O)Nc1ccc2c(c1)nc(CN1CCCCC1)n2CC. The molecule has 0 aliphatic carbocycles. The Morgan fingerprint density at radius 3 is 2.70 bits per heavy atom. The van der Waals surface area contributed by atoms with E-state index in [1.807, 2.05) is 19.1 Å². The zero-order chi connectivity index (χ0) is 16.2. The van der Waals surface area contributed by atoms with Crippen molar-refractivity contribution in [2.75, 3.05) is 18.4 Å². The molecule has 5 heteroatoms. The van der Waals surface area contributed by atoms with Crippen molar-refractivity contribution in [2.45, 2.75) is 52.6 Å². The number of nitrogens with zero attached hydrogens (tertiary/aromatic N) is 3. The summed E-state index contributed by atoms with van der Waals surface area (Å²) in [6.45, 7) is 8.19. The van der Waals surface area contributed by atoms with Crippen LogP contribution in [0.15, 0.2) is 18.2 Å². The first-order valence-corrected chi connectivity index (χ1v) is 8.72. The highest BCUT2D eigenvalue weighted by molar-refractivity contribution is 5.92. The van der Waals surface area contributed by atoms with Gasteiger partial charge in [-0.05, 0) is 51.1 Å². The van der Waals surface area contributed by atoms with Crippen molar-refractivity contribution < 1.29 is 4.79 Å². The normalized spacial score (nSPS) is 15.9. The van der Waals surface area contributed by atoms with Crippen molar-refractivity contribution in [2.24, 2.45) is 0 Å². The quantitative estimate of drug-likeness (QED) is 0.920. The van der Waals surface area contributed by atoms with Crippen LogP contribution in [-0.4, -0.2) is 33.4 Å². The summed E-state index contributed by atoms with van der Waals surface area (Å²) in [6, 6.07) is 6.01. The monoisotopic (exact) mass is 314 g/mol. The molecule has 5 nitrogen and oxygen atoms in total. The molecule has 1 fully saturated rings. The van der Waals surface area contributed by atoms with E-state index in [2.05, 4.69) is 27.8 Å². The maximum atomic E-state index is 11.6. The molecule has 1 amide bonds. The van der Waals surface area contributed by atoms with Gasteiger partial charge in [-0.2, -0.15) is 0 Å². The van der Waals surface area contributed by atoms with Gasteiger partial charge in [0.1, 0.15) is 5.82 Å². The minimum Gasteiger partial charge on any atom is -0.327 e. The number of benzene rings is 1. The summed E-state index contributed by atoms with van der Waals surface area (Å²) < 4.78 is 2.29. The van der Waals surface area contributed by atoms with Gasteiger partial charge in [0.2, 0.25) is 5.91 Å². The first-order valence-electron chi connectivity index (χ1n) is 8.72. The maximum Gasteiger partial charge on any atom is 0.224 e. The van der Waals surface area contributed by atoms with E-state index in [4.69, 9.17) is 4.98 Å². The average Bonchev–Trinajstić information content (AvgIpc) is 2.91.